The second-order valence-corrected chi connectivity index (χ2v) is 3.93. The highest BCUT2D eigenvalue weighted by molar-refractivity contribution is 6.30. The van der Waals surface area contributed by atoms with Gasteiger partial charge in [0.1, 0.15) is 0 Å². The van der Waals surface area contributed by atoms with Crippen molar-refractivity contribution >= 4 is 23.2 Å². The molecular formula is C10H9ClO2. The molecule has 0 N–H and O–H groups in total. The number of carbonyl (C=O) groups excluding carboxylic acids is 2. The molecule has 0 fully saturated rings. The lowest BCUT2D eigenvalue weighted by Crippen LogP contribution is -2.33. The van der Waals surface area contributed by atoms with Gasteiger partial charge in [0.25, 0.3) is 0 Å². The Morgan fingerprint density at radius 3 is 2.46 bits per heavy atom. The van der Waals surface area contributed by atoms with E-state index in [0.717, 1.165) is 0 Å². The van der Waals surface area contributed by atoms with Crippen molar-refractivity contribution < 1.29 is 9.59 Å². The van der Waals surface area contributed by atoms with Crippen LogP contribution in [0.5, 0.6) is 0 Å². The molecule has 0 saturated heterocycles. The van der Waals surface area contributed by atoms with Gasteiger partial charge in [-0.2, -0.15) is 0 Å². The van der Waals surface area contributed by atoms with Crippen molar-refractivity contribution in [2.75, 3.05) is 0 Å². The van der Waals surface area contributed by atoms with Crippen LogP contribution in [0, 0.1) is 11.8 Å². The fraction of sp³-hybridized carbons (Fsp3) is 0.400. The summed E-state index contributed by atoms with van der Waals surface area (Å²) in [6.07, 6.45) is 5.74. The van der Waals surface area contributed by atoms with Crippen molar-refractivity contribution in [2.24, 2.45) is 11.8 Å². The SMILES string of the molecule is O=C1C=CC(=O)C2CC(Cl)=CCC12. The molecule has 0 aromatic heterocycles. The van der Waals surface area contributed by atoms with Gasteiger partial charge >= 0.3 is 0 Å². The minimum absolute atomic E-state index is 0.0378. The third kappa shape index (κ3) is 1.46. The van der Waals surface area contributed by atoms with Crippen LogP contribution in [0.2, 0.25) is 0 Å². The van der Waals surface area contributed by atoms with Crippen molar-refractivity contribution in [3.05, 3.63) is 23.3 Å². The molecule has 2 nitrogen and oxygen atoms in total. The molecule has 2 rings (SSSR count). The fourth-order valence-corrected chi connectivity index (χ4v) is 2.13. The molecule has 0 bridgehead atoms. The predicted molar refractivity (Wildman–Crippen MR) is 49.3 cm³/mol. The van der Waals surface area contributed by atoms with Gasteiger partial charge in [0.15, 0.2) is 11.6 Å². The van der Waals surface area contributed by atoms with Crippen LogP contribution in [0.25, 0.3) is 0 Å². The summed E-state index contributed by atoms with van der Waals surface area (Å²) in [6.45, 7) is 0. The van der Waals surface area contributed by atoms with E-state index in [1.54, 1.807) is 0 Å². The summed E-state index contributed by atoms with van der Waals surface area (Å²) in [5.74, 6) is -0.254. The van der Waals surface area contributed by atoms with Crippen molar-refractivity contribution in [3.63, 3.8) is 0 Å². The standard InChI is InChI=1S/C10H9ClO2/c11-6-1-2-7-8(5-6)10(13)4-3-9(7)12/h1,3-4,7-8H,2,5H2. The molecule has 0 heterocycles. The number of allylic oxidation sites excluding steroid dienone is 4. The van der Waals surface area contributed by atoms with E-state index in [1.807, 2.05) is 6.08 Å². The van der Waals surface area contributed by atoms with Crippen LogP contribution in [0.3, 0.4) is 0 Å². The van der Waals surface area contributed by atoms with E-state index in [-0.39, 0.29) is 23.4 Å². The summed E-state index contributed by atoms with van der Waals surface area (Å²) in [4.78, 5) is 22.8. The Bertz CT molecular complexity index is 328. The molecule has 2 aliphatic rings. The summed E-state index contributed by atoms with van der Waals surface area (Å²) in [5.41, 5.74) is 0. The maximum Gasteiger partial charge on any atom is 0.159 e. The molecule has 0 aromatic carbocycles. The van der Waals surface area contributed by atoms with Crippen LogP contribution in [0.1, 0.15) is 12.8 Å². The molecule has 0 spiro atoms. The van der Waals surface area contributed by atoms with Crippen molar-refractivity contribution in [1.82, 2.24) is 0 Å². The van der Waals surface area contributed by atoms with Crippen molar-refractivity contribution in [2.45, 2.75) is 12.8 Å². The minimum atomic E-state index is -0.199. The van der Waals surface area contributed by atoms with E-state index < -0.39 is 0 Å². The van der Waals surface area contributed by atoms with E-state index in [4.69, 9.17) is 11.6 Å². The molecule has 2 atom stereocenters. The molecule has 0 amide bonds. The average molecular weight is 197 g/mol. The average Bonchev–Trinajstić information content (AvgIpc) is 2.12. The first-order chi connectivity index (χ1) is 6.18. The quantitative estimate of drug-likeness (QED) is 0.593. The molecule has 2 unspecified atom stereocenters. The number of hydrogen-bond acceptors (Lipinski definition) is 2. The first-order valence-electron chi connectivity index (χ1n) is 4.29. The first kappa shape index (κ1) is 8.70. The topological polar surface area (TPSA) is 34.1 Å². The molecule has 0 aliphatic heterocycles. The Morgan fingerprint density at radius 1 is 1.15 bits per heavy atom. The van der Waals surface area contributed by atoms with Crippen LogP contribution < -0.4 is 0 Å². The zero-order valence-corrected chi connectivity index (χ0v) is 7.75. The largest absolute Gasteiger partial charge is 0.295 e. The zero-order chi connectivity index (χ0) is 9.42. The van der Waals surface area contributed by atoms with Gasteiger partial charge in [0.2, 0.25) is 0 Å². The Labute approximate surface area is 81.3 Å². The predicted octanol–water partition coefficient (Wildman–Crippen LogP) is 1.84. The third-order valence-electron chi connectivity index (χ3n) is 2.64. The Morgan fingerprint density at radius 2 is 1.77 bits per heavy atom. The fourth-order valence-electron chi connectivity index (χ4n) is 1.88. The lowest BCUT2D eigenvalue weighted by Gasteiger charge is -2.28. The van der Waals surface area contributed by atoms with Gasteiger partial charge in [0.05, 0.1) is 0 Å². The van der Waals surface area contributed by atoms with Crippen LogP contribution in [-0.2, 0) is 9.59 Å². The normalized spacial score (nSPS) is 32.8. The van der Waals surface area contributed by atoms with Crippen molar-refractivity contribution in [1.29, 1.82) is 0 Å². The first-order valence-corrected chi connectivity index (χ1v) is 4.66. The number of rotatable bonds is 0. The van der Waals surface area contributed by atoms with E-state index in [1.165, 1.54) is 12.2 Å². The second kappa shape index (κ2) is 3.11. The monoisotopic (exact) mass is 196 g/mol. The van der Waals surface area contributed by atoms with Crippen LogP contribution in [0.4, 0.5) is 0 Å². The minimum Gasteiger partial charge on any atom is -0.295 e. The van der Waals surface area contributed by atoms with Crippen LogP contribution >= 0.6 is 11.6 Å². The third-order valence-corrected chi connectivity index (χ3v) is 2.95. The highest BCUT2D eigenvalue weighted by Crippen LogP contribution is 2.35. The van der Waals surface area contributed by atoms with E-state index in [9.17, 15) is 9.59 Å². The van der Waals surface area contributed by atoms with Gasteiger partial charge in [-0.05, 0) is 25.0 Å². The molecule has 0 radical (unpaired) electrons. The molecule has 2 aliphatic carbocycles. The summed E-state index contributed by atoms with van der Waals surface area (Å²) in [5, 5.41) is 0.706. The van der Waals surface area contributed by atoms with Crippen LogP contribution in [0.15, 0.2) is 23.3 Å². The van der Waals surface area contributed by atoms with E-state index >= 15 is 0 Å². The molecule has 3 heteroatoms. The smallest absolute Gasteiger partial charge is 0.159 e. The van der Waals surface area contributed by atoms with E-state index in [0.29, 0.717) is 17.9 Å². The molecule has 0 aromatic rings. The zero-order valence-electron chi connectivity index (χ0n) is 7.00. The van der Waals surface area contributed by atoms with Gasteiger partial charge in [0, 0.05) is 16.9 Å². The van der Waals surface area contributed by atoms with Gasteiger partial charge in [-0.3, -0.25) is 9.59 Å². The lowest BCUT2D eigenvalue weighted by molar-refractivity contribution is -0.129. The summed E-state index contributed by atoms with van der Waals surface area (Å²) in [7, 11) is 0. The second-order valence-electron chi connectivity index (χ2n) is 3.44. The summed E-state index contributed by atoms with van der Waals surface area (Å²) >= 11 is 5.82. The molecule has 0 saturated carbocycles. The molecule has 13 heavy (non-hydrogen) atoms. The Hall–Kier alpha value is -0.890. The molecular weight excluding hydrogens is 188 g/mol. The Balaban J connectivity index is 2.32. The Kier molecular flexibility index (Phi) is 2.08. The van der Waals surface area contributed by atoms with Gasteiger partial charge < -0.3 is 0 Å². The van der Waals surface area contributed by atoms with Crippen molar-refractivity contribution in [3.8, 4) is 0 Å². The number of halogens is 1. The summed E-state index contributed by atoms with van der Waals surface area (Å²) < 4.78 is 0. The highest BCUT2D eigenvalue weighted by Gasteiger charge is 2.36. The summed E-state index contributed by atoms with van der Waals surface area (Å²) in [6, 6.07) is 0. The number of hydrogen-bond donors (Lipinski definition) is 0. The van der Waals surface area contributed by atoms with E-state index in [2.05, 4.69) is 0 Å². The number of fused-ring (bicyclic) bond motifs is 1. The number of carbonyl (C=O) groups is 2. The molecule has 68 valence electrons. The van der Waals surface area contributed by atoms with Gasteiger partial charge in [-0.1, -0.05) is 17.7 Å². The number of ketones is 2. The van der Waals surface area contributed by atoms with Crippen LogP contribution in [-0.4, -0.2) is 11.6 Å². The van der Waals surface area contributed by atoms with Gasteiger partial charge in [-0.15, -0.1) is 0 Å². The maximum atomic E-state index is 11.4. The van der Waals surface area contributed by atoms with Gasteiger partial charge in [-0.25, -0.2) is 0 Å². The maximum absolute atomic E-state index is 11.4. The lowest BCUT2D eigenvalue weighted by atomic mass is 9.75. The highest BCUT2D eigenvalue weighted by atomic mass is 35.5.